The second-order valence-electron chi connectivity index (χ2n) is 5.41. The monoisotopic (exact) mass is 293 g/mol. The largest absolute Gasteiger partial charge is 0.465 e. The first-order valence-corrected chi connectivity index (χ1v) is 7.42. The molecule has 1 atom stereocenters. The summed E-state index contributed by atoms with van der Waals surface area (Å²) >= 11 is 0. The second kappa shape index (κ2) is 7.26. The van der Waals surface area contributed by atoms with Crippen molar-refractivity contribution in [2.24, 2.45) is 0 Å². The Bertz CT molecular complexity index is 498. The highest BCUT2D eigenvalue weighted by Gasteiger charge is 2.27. The van der Waals surface area contributed by atoms with Crippen LogP contribution in [0.1, 0.15) is 43.2 Å². The number of hydrogen-bond donors (Lipinski definition) is 2. The number of imide groups is 1. The zero-order valence-corrected chi connectivity index (χ0v) is 12.6. The van der Waals surface area contributed by atoms with Gasteiger partial charge in [-0.15, -0.1) is 0 Å². The lowest BCUT2D eigenvalue weighted by Crippen LogP contribution is -2.44. The molecule has 1 aromatic rings. The fraction of sp³-hybridized carbons (Fsp3) is 0.600. The summed E-state index contributed by atoms with van der Waals surface area (Å²) in [4.78, 5) is 25.2. The molecule has 1 aliphatic rings. The van der Waals surface area contributed by atoms with Crippen molar-refractivity contribution < 1.29 is 14.0 Å². The zero-order valence-electron chi connectivity index (χ0n) is 12.6. The molecule has 1 fully saturated rings. The van der Waals surface area contributed by atoms with Crippen LogP contribution in [0.25, 0.3) is 0 Å². The van der Waals surface area contributed by atoms with Gasteiger partial charge >= 0.3 is 6.03 Å². The van der Waals surface area contributed by atoms with Gasteiger partial charge < -0.3 is 9.73 Å². The average Bonchev–Trinajstić information content (AvgIpc) is 2.74. The van der Waals surface area contributed by atoms with Crippen LogP contribution in [-0.4, -0.2) is 37.0 Å². The van der Waals surface area contributed by atoms with Gasteiger partial charge in [-0.1, -0.05) is 12.8 Å². The number of amides is 3. The minimum atomic E-state index is -0.472. The second-order valence-corrected chi connectivity index (χ2v) is 5.41. The smallest absolute Gasteiger partial charge is 0.321 e. The lowest BCUT2D eigenvalue weighted by molar-refractivity contribution is -0.121. The number of hydrogen-bond acceptors (Lipinski definition) is 4. The van der Waals surface area contributed by atoms with Gasteiger partial charge in [0.15, 0.2) is 0 Å². The fourth-order valence-electron chi connectivity index (χ4n) is 2.72. The van der Waals surface area contributed by atoms with E-state index >= 15 is 0 Å². The lowest BCUT2D eigenvalue weighted by atomic mass is 10.1. The van der Waals surface area contributed by atoms with E-state index in [-0.39, 0.29) is 18.5 Å². The summed E-state index contributed by atoms with van der Waals surface area (Å²) in [5.41, 5.74) is 0. The number of nitrogens with zero attached hydrogens (tertiary/aromatic N) is 1. The van der Waals surface area contributed by atoms with Crippen molar-refractivity contribution >= 4 is 11.9 Å². The van der Waals surface area contributed by atoms with Crippen molar-refractivity contribution in [2.45, 2.75) is 38.6 Å². The summed E-state index contributed by atoms with van der Waals surface area (Å²) in [6, 6.07) is 3.56. The van der Waals surface area contributed by atoms with Gasteiger partial charge in [-0.2, -0.15) is 0 Å². The van der Waals surface area contributed by atoms with Crippen LogP contribution in [0.15, 0.2) is 16.5 Å². The first-order valence-electron chi connectivity index (χ1n) is 7.42. The molecular formula is C15H23N3O3. The topological polar surface area (TPSA) is 74.6 Å². The summed E-state index contributed by atoms with van der Waals surface area (Å²) < 4.78 is 5.74. The van der Waals surface area contributed by atoms with Gasteiger partial charge in [-0.05, 0) is 38.4 Å². The standard InChI is InChI=1S/C15H23N3O3/c1-11-7-8-13(21-11)12-6-4-3-5-9-18(12)10-14(19)17-15(20)16-2/h7-8,12H,3-6,9-10H2,1-2H3,(H2,16,17,19,20)/t12-/m1/s1. The van der Waals surface area contributed by atoms with Crippen LogP contribution >= 0.6 is 0 Å². The van der Waals surface area contributed by atoms with E-state index in [1.165, 1.54) is 7.05 Å². The van der Waals surface area contributed by atoms with E-state index in [0.717, 1.165) is 43.7 Å². The Morgan fingerprint density at radius 3 is 2.81 bits per heavy atom. The van der Waals surface area contributed by atoms with Gasteiger partial charge in [0, 0.05) is 7.05 Å². The Morgan fingerprint density at radius 1 is 1.33 bits per heavy atom. The minimum Gasteiger partial charge on any atom is -0.465 e. The molecule has 0 radical (unpaired) electrons. The molecule has 6 nitrogen and oxygen atoms in total. The number of aryl methyl sites for hydroxylation is 1. The third-order valence-electron chi connectivity index (χ3n) is 3.78. The molecule has 21 heavy (non-hydrogen) atoms. The lowest BCUT2D eigenvalue weighted by Gasteiger charge is -2.27. The van der Waals surface area contributed by atoms with Crippen LogP contribution in [0.2, 0.25) is 0 Å². The maximum absolute atomic E-state index is 11.9. The van der Waals surface area contributed by atoms with Gasteiger partial charge in [0.05, 0.1) is 12.6 Å². The first kappa shape index (κ1) is 15.6. The Labute approximate surface area is 124 Å². The summed E-state index contributed by atoms with van der Waals surface area (Å²) in [7, 11) is 1.49. The average molecular weight is 293 g/mol. The van der Waals surface area contributed by atoms with Gasteiger partial charge in [-0.3, -0.25) is 15.0 Å². The van der Waals surface area contributed by atoms with Crippen LogP contribution < -0.4 is 10.6 Å². The fourth-order valence-corrected chi connectivity index (χ4v) is 2.72. The van der Waals surface area contributed by atoms with Gasteiger partial charge in [0.25, 0.3) is 0 Å². The first-order chi connectivity index (χ1) is 10.1. The SMILES string of the molecule is CNC(=O)NC(=O)CN1CCCCC[C@@H]1c1ccc(C)o1. The number of likely N-dealkylation sites (tertiary alicyclic amines) is 1. The molecule has 0 unspecified atom stereocenters. The van der Waals surface area contributed by atoms with Gasteiger partial charge in [0.1, 0.15) is 11.5 Å². The molecule has 1 aliphatic heterocycles. The van der Waals surface area contributed by atoms with Crippen LogP contribution in [0.3, 0.4) is 0 Å². The van der Waals surface area contributed by atoms with Crippen molar-refractivity contribution in [1.82, 2.24) is 15.5 Å². The molecule has 0 spiro atoms. The number of furan rings is 1. The third-order valence-corrected chi connectivity index (χ3v) is 3.78. The van der Waals surface area contributed by atoms with Crippen LogP contribution in [-0.2, 0) is 4.79 Å². The highest BCUT2D eigenvalue weighted by molar-refractivity contribution is 5.95. The van der Waals surface area contributed by atoms with E-state index < -0.39 is 6.03 Å². The van der Waals surface area contributed by atoms with E-state index in [0.29, 0.717) is 0 Å². The molecule has 0 saturated carbocycles. The molecule has 3 amide bonds. The molecule has 1 aromatic heterocycles. The summed E-state index contributed by atoms with van der Waals surface area (Å²) in [6.07, 6.45) is 4.31. The predicted molar refractivity (Wildman–Crippen MR) is 78.8 cm³/mol. The summed E-state index contributed by atoms with van der Waals surface area (Å²) in [5.74, 6) is 1.50. The zero-order chi connectivity index (χ0) is 15.2. The number of urea groups is 1. The van der Waals surface area contributed by atoms with Crippen LogP contribution in [0.5, 0.6) is 0 Å². The van der Waals surface area contributed by atoms with Crippen molar-refractivity contribution in [1.29, 1.82) is 0 Å². The van der Waals surface area contributed by atoms with E-state index in [1.807, 2.05) is 19.1 Å². The predicted octanol–water partition coefficient (Wildman–Crippen LogP) is 1.96. The highest BCUT2D eigenvalue weighted by atomic mass is 16.3. The molecule has 2 N–H and O–H groups in total. The van der Waals surface area contributed by atoms with Crippen molar-refractivity contribution in [3.05, 3.63) is 23.7 Å². The number of carbonyl (C=O) groups excluding carboxylic acids is 2. The van der Waals surface area contributed by atoms with E-state index in [9.17, 15) is 9.59 Å². The number of rotatable bonds is 3. The number of carbonyl (C=O) groups is 2. The molecule has 2 heterocycles. The Hall–Kier alpha value is -1.82. The maximum Gasteiger partial charge on any atom is 0.321 e. The molecule has 2 rings (SSSR count). The summed E-state index contributed by atoms with van der Waals surface area (Å²) in [6.45, 7) is 2.96. The van der Waals surface area contributed by atoms with E-state index in [2.05, 4.69) is 15.5 Å². The van der Waals surface area contributed by atoms with Crippen LogP contribution in [0, 0.1) is 6.92 Å². The van der Waals surface area contributed by atoms with E-state index in [1.54, 1.807) is 0 Å². The molecule has 0 aliphatic carbocycles. The Morgan fingerprint density at radius 2 is 2.14 bits per heavy atom. The van der Waals surface area contributed by atoms with Crippen molar-refractivity contribution in [3.63, 3.8) is 0 Å². The van der Waals surface area contributed by atoms with Crippen molar-refractivity contribution in [3.8, 4) is 0 Å². The summed E-state index contributed by atoms with van der Waals surface area (Å²) in [5, 5.41) is 4.70. The van der Waals surface area contributed by atoms with Crippen molar-refractivity contribution in [2.75, 3.05) is 20.1 Å². The molecule has 0 bridgehead atoms. The maximum atomic E-state index is 11.9. The van der Waals surface area contributed by atoms with Crippen LogP contribution in [0.4, 0.5) is 4.79 Å². The highest BCUT2D eigenvalue weighted by Crippen LogP contribution is 2.30. The molecular weight excluding hydrogens is 270 g/mol. The quantitative estimate of drug-likeness (QED) is 0.893. The minimum absolute atomic E-state index is 0.108. The van der Waals surface area contributed by atoms with Gasteiger partial charge in [0.2, 0.25) is 5.91 Å². The normalized spacial score (nSPS) is 19.8. The van der Waals surface area contributed by atoms with Gasteiger partial charge in [-0.25, -0.2) is 4.79 Å². The van der Waals surface area contributed by atoms with E-state index in [4.69, 9.17) is 4.42 Å². The molecule has 0 aromatic carbocycles. The molecule has 6 heteroatoms. The Balaban J connectivity index is 2.05. The number of nitrogens with one attached hydrogen (secondary N) is 2. The molecule has 116 valence electrons. The third kappa shape index (κ3) is 4.32. The Kier molecular flexibility index (Phi) is 5.38. The molecule has 1 saturated heterocycles.